The molecule has 0 atom stereocenters. The molecule has 0 saturated heterocycles. The van der Waals surface area contributed by atoms with Crippen LogP contribution in [0.2, 0.25) is 5.02 Å². The van der Waals surface area contributed by atoms with Gasteiger partial charge in [-0.05, 0) is 35.9 Å². The molecule has 3 rings (SSSR count). The van der Waals surface area contributed by atoms with Crippen LogP contribution >= 0.6 is 22.9 Å². The molecule has 6 nitrogen and oxygen atoms in total. The van der Waals surface area contributed by atoms with Crippen LogP contribution in [-0.4, -0.2) is 19.3 Å². The summed E-state index contributed by atoms with van der Waals surface area (Å²) in [5.41, 5.74) is -1.43. The van der Waals surface area contributed by atoms with E-state index in [1.807, 2.05) is 0 Å². The summed E-state index contributed by atoms with van der Waals surface area (Å²) in [4.78, 5) is 15.8. The van der Waals surface area contributed by atoms with E-state index in [0.29, 0.717) is 12.1 Å². The lowest BCUT2D eigenvalue weighted by molar-refractivity contribution is -0.140. The lowest BCUT2D eigenvalue weighted by atomic mass is 10.1. The first kappa shape index (κ1) is 23.0. The van der Waals surface area contributed by atoms with Gasteiger partial charge in [-0.2, -0.15) is 13.2 Å². The fourth-order valence-electron chi connectivity index (χ4n) is 2.49. The van der Waals surface area contributed by atoms with Crippen molar-refractivity contribution in [1.29, 1.82) is 0 Å². The largest absolute Gasteiger partial charge is 0.419 e. The molecule has 1 amide bonds. The summed E-state index contributed by atoms with van der Waals surface area (Å²) in [7, 11) is -4.04. The van der Waals surface area contributed by atoms with E-state index in [2.05, 4.69) is 15.0 Å². The highest BCUT2D eigenvalue weighted by atomic mass is 35.5. The summed E-state index contributed by atoms with van der Waals surface area (Å²) in [6, 6.07) is 5.80. The number of thiazole rings is 1. The monoisotopic (exact) mass is 493 g/mol. The number of carbonyl (C=O) groups is 1. The third-order valence-electron chi connectivity index (χ3n) is 3.93. The summed E-state index contributed by atoms with van der Waals surface area (Å²) >= 11 is 7.08. The topological polar surface area (TPSA) is 88.2 Å². The Morgan fingerprint density at radius 3 is 2.52 bits per heavy atom. The molecule has 0 aliphatic carbocycles. The normalized spacial score (nSPS) is 11.9. The summed E-state index contributed by atoms with van der Waals surface area (Å²) in [5, 5.41) is 3.85. The fourth-order valence-corrected chi connectivity index (χ4v) is 4.82. The number of amides is 1. The van der Waals surface area contributed by atoms with Crippen molar-refractivity contribution in [2.45, 2.75) is 17.6 Å². The van der Waals surface area contributed by atoms with Crippen LogP contribution in [0.1, 0.15) is 21.5 Å². The number of nitrogens with zero attached hydrogens (tertiary/aromatic N) is 1. The smallest absolute Gasteiger partial charge is 0.348 e. The van der Waals surface area contributed by atoms with Gasteiger partial charge in [-0.3, -0.25) is 9.52 Å². The quantitative estimate of drug-likeness (QED) is 0.488. The number of rotatable bonds is 6. The number of anilines is 1. The van der Waals surface area contributed by atoms with Crippen molar-refractivity contribution in [3.63, 3.8) is 0 Å². The Labute approximate surface area is 182 Å². The standard InChI is InChI=1S/C18H12ClF4N3O3S2/c19-13-8-11(2-4-15(13)31(28,29)26-17-24-5-6-30-17)16(27)25-9-10-1-3-14(20)12(7-10)18(21,22)23/h1-8H,9H2,(H,24,26)(H,25,27). The predicted octanol–water partition coefficient (Wildman–Crippen LogP) is 4.69. The van der Waals surface area contributed by atoms with Crippen molar-refractivity contribution in [3.05, 3.63) is 75.5 Å². The molecule has 13 heteroatoms. The molecule has 31 heavy (non-hydrogen) atoms. The molecule has 0 unspecified atom stereocenters. The maximum atomic E-state index is 13.3. The lowest BCUT2D eigenvalue weighted by Crippen LogP contribution is -2.23. The summed E-state index contributed by atoms with van der Waals surface area (Å²) in [6.45, 7) is -0.314. The molecule has 0 aliphatic rings. The van der Waals surface area contributed by atoms with Crippen molar-refractivity contribution in [3.8, 4) is 0 Å². The minimum Gasteiger partial charge on any atom is -0.348 e. The molecule has 0 saturated carbocycles. The minimum atomic E-state index is -4.87. The van der Waals surface area contributed by atoms with Gasteiger partial charge < -0.3 is 5.32 Å². The highest BCUT2D eigenvalue weighted by Crippen LogP contribution is 2.32. The number of hydrogen-bond acceptors (Lipinski definition) is 5. The molecule has 3 aromatic rings. The highest BCUT2D eigenvalue weighted by Gasteiger charge is 2.34. The first-order valence-corrected chi connectivity index (χ1v) is 11.1. The minimum absolute atomic E-state index is 0.0173. The first-order valence-electron chi connectivity index (χ1n) is 8.33. The lowest BCUT2D eigenvalue weighted by Gasteiger charge is -2.12. The highest BCUT2D eigenvalue weighted by molar-refractivity contribution is 7.93. The van der Waals surface area contributed by atoms with E-state index in [9.17, 15) is 30.8 Å². The van der Waals surface area contributed by atoms with Crippen LogP contribution in [0.4, 0.5) is 22.7 Å². The molecule has 0 spiro atoms. The zero-order chi connectivity index (χ0) is 22.8. The van der Waals surface area contributed by atoms with Crippen LogP contribution in [0, 0.1) is 5.82 Å². The van der Waals surface area contributed by atoms with Crippen molar-refractivity contribution in [2.75, 3.05) is 4.72 Å². The van der Waals surface area contributed by atoms with Crippen LogP contribution in [0.3, 0.4) is 0 Å². The van der Waals surface area contributed by atoms with Crippen LogP contribution in [0.25, 0.3) is 0 Å². The Bertz CT molecular complexity index is 1220. The van der Waals surface area contributed by atoms with E-state index in [1.165, 1.54) is 12.3 Å². The fraction of sp³-hybridized carbons (Fsp3) is 0.111. The zero-order valence-electron chi connectivity index (χ0n) is 15.2. The second-order valence-corrected chi connectivity index (χ2v) is 9.04. The molecule has 1 heterocycles. The van der Waals surface area contributed by atoms with Gasteiger partial charge >= 0.3 is 6.18 Å². The van der Waals surface area contributed by atoms with Gasteiger partial charge in [0.2, 0.25) is 0 Å². The van der Waals surface area contributed by atoms with E-state index < -0.39 is 33.5 Å². The maximum Gasteiger partial charge on any atom is 0.419 e. The molecule has 1 aromatic heterocycles. The Hall–Kier alpha value is -2.70. The van der Waals surface area contributed by atoms with E-state index >= 15 is 0 Å². The molecule has 2 N–H and O–H groups in total. The van der Waals surface area contributed by atoms with E-state index in [0.717, 1.165) is 29.5 Å². The number of nitrogens with one attached hydrogen (secondary N) is 2. The van der Waals surface area contributed by atoms with Gasteiger partial charge in [0.15, 0.2) is 5.13 Å². The van der Waals surface area contributed by atoms with E-state index in [-0.39, 0.29) is 32.7 Å². The predicted molar refractivity (Wildman–Crippen MR) is 107 cm³/mol. The first-order chi connectivity index (χ1) is 14.5. The zero-order valence-corrected chi connectivity index (χ0v) is 17.6. The molecular formula is C18H12ClF4N3O3S2. The van der Waals surface area contributed by atoms with Crippen LogP contribution < -0.4 is 10.0 Å². The molecule has 0 fully saturated rings. The SMILES string of the molecule is O=C(NCc1ccc(F)c(C(F)(F)F)c1)c1ccc(S(=O)(=O)Nc2nccs2)c(Cl)c1. The van der Waals surface area contributed by atoms with Crippen molar-refractivity contribution >= 4 is 44.0 Å². The van der Waals surface area contributed by atoms with Crippen molar-refractivity contribution in [1.82, 2.24) is 10.3 Å². The second-order valence-electron chi connectivity index (χ2n) is 6.08. The number of halogens is 5. The van der Waals surface area contributed by atoms with Crippen LogP contribution in [-0.2, 0) is 22.7 Å². The van der Waals surface area contributed by atoms with Gasteiger partial charge in [0.25, 0.3) is 15.9 Å². The Morgan fingerprint density at radius 2 is 1.90 bits per heavy atom. The van der Waals surface area contributed by atoms with Gasteiger partial charge in [0.05, 0.1) is 10.6 Å². The van der Waals surface area contributed by atoms with Gasteiger partial charge in [0, 0.05) is 23.7 Å². The average molecular weight is 494 g/mol. The van der Waals surface area contributed by atoms with Gasteiger partial charge in [-0.15, -0.1) is 11.3 Å². The Kier molecular flexibility index (Phi) is 6.53. The average Bonchev–Trinajstić information content (AvgIpc) is 3.18. The third-order valence-corrected chi connectivity index (χ3v) is 6.57. The van der Waals surface area contributed by atoms with E-state index in [4.69, 9.17) is 11.6 Å². The number of hydrogen-bond donors (Lipinski definition) is 2. The van der Waals surface area contributed by atoms with Gasteiger partial charge in [-0.25, -0.2) is 17.8 Å². The van der Waals surface area contributed by atoms with Crippen LogP contribution in [0.5, 0.6) is 0 Å². The van der Waals surface area contributed by atoms with Crippen LogP contribution in [0.15, 0.2) is 52.9 Å². The third kappa shape index (κ3) is 5.51. The molecule has 2 aromatic carbocycles. The molecule has 0 bridgehead atoms. The Morgan fingerprint density at radius 1 is 1.16 bits per heavy atom. The molecule has 0 aliphatic heterocycles. The number of benzene rings is 2. The Balaban J connectivity index is 1.73. The van der Waals surface area contributed by atoms with Crippen molar-refractivity contribution < 1.29 is 30.8 Å². The van der Waals surface area contributed by atoms with Gasteiger partial charge in [-0.1, -0.05) is 17.7 Å². The number of carbonyl (C=O) groups excluding carboxylic acids is 1. The summed E-state index contributed by atoms with van der Waals surface area (Å²) in [5.74, 6) is -2.13. The number of sulfonamides is 1. The molecule has 0 radical (unpaired) electrons. The summed E-state index contributed by atoms with van der Waals surface area (Å²) < 4.78 is 78.8. The number of alkyl halides is 3. The van der Waals surface area contributed by atoms with Crippen molar-refractivity contribution in [2.24, 2.45) is 0 Å². The summed E-state index contributed by atoms with van der Waals surface area (Å²) in [6.07, 6.45) is -3.46. The van der Waals surface area contributed by atoms with Gasteiger partial charge in [0.1, 0.15) is 10.7 Å². The van der Waals surface area contributed by atoms with E-state index in [1.54, 1.807) is 5.38 Å². The number of aromatic nitrogens is 1. The molecule has 164 valence electrons. The second kappa shape index (κ2) is 8.81. The maximum absolute atomic E-state index is 13.3. The molecular weight excluding hydrogens is 482 g/mol.